The highest BCUT2D eigenvalue weighted by Gasteiger charge is 2.32. The Hall–Kier alpha value is -2.58. The molecule has 156 valence electrons. The Morgan fingerprint density at radius 1 is 1.27 bits per heavy atom. The second kappa shape index (κ2) is 9.06. The molecular weight excluding hydrogens is 466 g/mol. The molecule has 0 saturated carbocycles. The minimum Gasteiger partial charge on any atom is -0.545 e. The second-order valence-electron chi connectivity index (χ2n) is 6.95. The maximum absolute atomic E-state index is 12.9. The number of anilines is 1. The molecule has 0 unspecified atom stereocenters. The third-order valence-corrected chi connectivity index (χ3v) is 6.25. The zero-order valence-electron chi connectivity index (χ0n) is 17.1. The van der Waals surface area contributed by atoms with Gasteiger partial charge in [0.05, 0.1) is 22.2 Å². The van der Waals surface area contributed by atoms with Crippen LogP contribution in [0.15, 0.2) is 50.8 Å². The fourth-order valence-electron chi connectivity index (χ4n) is 3.05. The molecule has 1 fully saturated rings. The van der Waals surface area contributed by atoms with Crippen LogP contribution < -0.4 is 10.0 Å². The Bertz CT molecular complexity index is 1080. The predicted molar refractivity (Wildman–Crippen MR) is 124 cm³/mol. The van der Waals surface area contributed by atoms with Crippen molar-refractivity contribution >= 4 is 62.2 Å². The number of hydrogen-bond donors (Lipinski definition) is 0. The van der Waals surface area contributed by atoms with Gasteiger partial charge in [-0.15, -0.1) is 0 Å². The van der Waals surface area contributed by atoms with Crippen molar-refractivity contribution < 1.29 is 14.7 Å². The van der Waals surface area contributed by atoms with Crippen molar-refractivity contribution in [1.82, 2.24) is 4.90 Å². The molecule has 1 heterocycles. The highest BCUT2D eigenvalue weighted by atomic mass is 79.9. The summed E-state index contributed by atoms with van der Waals surface area (Å²) in [4.78, 5) is 32.8. The average molecular weight is 487 g/mol. The maximum atomic E-state index is 12.9. The van der Waals surface area contributed by atoms with Gasteiger partial charge in [0.15, 0.2) is 5.17 Å². The molecule has 0 bridgehead atoms. The molecule has 6 nitrogen and oxygen atoms in total. The highest BCUT2D eigenvalue weighted by Crippen LogP contribution is 2.35. The number of carbonyl (C=O) groups excluding carboxylic acids is 2. The Labute approximate surface area is 188 Å². The summed E-state index contributed by atoms with van der Waals surface area (Å²) in [6.07, 6.45) is 1.85. The van der Waals surface area contributed by atoms with Crippen LogP contribution >= 0.6 is 27.7 Å². The van der Waals surface area contributed by atoms with Gasteiger partial charge in [0.1, 0.15) is 0 Å². The number of nitrogens with zero attached hydrogens (tertiary/aromatic N) is 3. The first-order chi connectivity index (χ1) is 14.2. The van der Waals surface area contributed by atoms with Crippen LogP contribution in [0, 0.1) is 6.92 Å². The first-order valence-corrected chi connectivity index (χ1v) is 10.9. The number of aliphatic imine (C=N–C) groups is 1. The first kappa shape index (κ1) is 22.1. The fourth-order valence-corrected chi connectivity index (χ4v) is 4.87. The molecule has 3 rings (SSSR count). The second-order valence-corrected chi connectivity index (χ2v) is 8.81. The first-order valence-electron chi connectivity index (χ1n) is 9.30. The van der Waals surface area contributed by atoms with Gasteiger partial charge < -0.3 is 14.8 Å². The van der Waals surface area contributed by atoms with Crippen LogP contribution in [0.1, 0.15) is 28.4 Å². The van der Waals surface area contributed by atoms with Crippen molar-refractivity contribution in [2.24, 2.45) is 4.99 Å². The van der Waals surface area contributed by atoms with Crippen LogP contribution in [0.5, 0.6) is 0 Å². The molecule has 0 aliphatic carbocycles. The van der Waals surface area contributed by atoms with E-state index in [9.17, 15) is 14.7 Å². The number of hydrogen-bond acceptors (Lipinski definition) is 6. The van der Waals surface area contributed by atoms with E-state index >= 15 is 0 Å². The van der Waals surface area contributed by atoms with E-state index in [0.29, 0.717) is 27.9 Å². The molecule has 0 N–H and O–H groups in total. The van der Waals surface area contributed by atoms with E-state index in [4.69, 9.17) is 0 Å². The van der Waals surface area contributed by atoms with Gasteiger partial charge >= 0.3 is 0 Å². The molecule has 1 aliphatic rings. The van der Waals surface area contributed by atoms with Crippen molar-refractivity contribution in [1.29, 1.82) is 0 Å². The van der Waals surface area contributed by atoms with Gasteiger partial charge in [-0.05, 0) is 83.0 Å². The van der Waals surface area contributed by atoms with Gasteiger partial charge in [-0.1, -0.05) is 12.1 Å². The van der Waals surface area contributed by atoms with Crippen molar-refractivity contribution in [3.05, 3.63) is 62.5 Å². The summed E-state index contributed by atoms with van der Waals surface area (Å²) < 4.78 is 0.946. The number of carbonyl (C=O) groups is 2. The zero-order chi connectivity index (χ0) is 22.0. The third-order valence-electron chi connectivity index (χ3n) is 4.61. The smallest absolute Gasteiger partial charge is 0.266 e. The monoisotopic (exact) mass is 486 g/mol. The van der Waals surface area contributed by atoms with Crippen molar-refractivity contribution in [2.45, 2.75) is 13.8 Å². The van der Waals surface area contributed by atoms with Gasteiger partial charge in [-0.25, -0.2) is 4.99 Å². The summed E-state index contributed by atoms with van der Waals surface area (Å²) in [6, 6.07) is 10.7. The summed E-state index contributed by atoms with van der Waals surface area (Å²) in [7, 11) is 3.94. The van der Waals surface area contributed by atoms with E-state index in [1.165, 1.54) is 17.8 Å². The number of likely N-dealkylation sites (N-methyl/N-ethyl adjacent to an activating group) is 1. The number of aromatic carboxylic acids is 1. The van der Waals surface area contributed by atoms with E-state index in [0.717, 1.165) is 15.7 Å². The molecule has 1 saturated heterocycles. The quantitative estimate of drug-likeness (QED) is 0.600. The van der Waals surface area contributed by atoms with Crippen LogP contribution in [0.25, 0.3) is 6.08 Å². The highest BCUT2D eigenvalue weighted by molar-refractivity contribution is 9.10. The summed E-state index contributed by atoms with van der Waals surface area (Å²) in [6.45, 7) is 4.07. The number of aryl methyl sites for hydroxylation is 1. The lowest BCUT2D eigenvalue weighted by atomic mass is 10.1. The van der Waals surface area contributed by atoms with E-state index in [1.54, 1.807) is 24.0 Å². The molecule has 30 heavy (non-hydrogen) atoms. The number of halogens is 1. The van der Waals surface area contributed by atoms with Gasteiger partial charge in [0, 0.05) is 30.7 Å². The fraction of sp³-hybridized carbons (Fsp3) is 0.227. The number of rotatable bonds is 5. The van der Waals surface area contributed by atoms with Gasteiger partial charge in [-0.2, -0.15) is 0 Å². The third kappa shape index (κ3) is 4.60. The number of amides is 1. The molecule has 1 aliphatic heterocycles. The standard InChI is InChI=1S/C22H22BrN3O3S/c1-5-26-20(27)19(12-14-6-9-18(25(3)4)17(23)11-14)30-22(26)24-15-7-8-16(21(28)29)13(2)10-15/h6-12H,5H2,1-4H3,(H,28,29)/p-1/b19-12+,24-22?. The van der Waals surface area contributed by atoms with Crippen molar-refractivity contribution in [3.8, 4) is 0 Å². The van der Waals surface area contributed by atoms with E-state index in [2.05, 4.69) is 20.9 Å². The maximum Gasteiger partial charge on any atom is 0.266 e. The van der Waals surface area contributed by atoms with Crippen LogP contribution in [0.2, 0.25) is 0 Å². The molecule has 8 heteroatoms. The van der Waals surface area contributed by atoms with Crippen LogP contribution in [-0.4, -0.2) is 42.6 Å². The zero-order valence-corrected chi connectivity index (χ0v) is 19.5. The Kier molecular flexibility index (Phi) is 6.67. The lowest BCUT2D eigenvalue weighted by Gasteiger charge is -2.14. The number of amidine groups is 1. The van der Waals surface area contributed by atoms with E-state index in [-0.39, 0.29) is 11.5 Å². The molecule has 2 aromatic rings. The average Bonchev–Trinajstić information content (AvgIpc) is 2.95. The summed E-state index contributed by atoms with van der Waals surface area (Å²) in [5.74, 6) is -1.32. The van der Waals surface area contributed by atoms with E-state index < -0.39 is 5.97 Å². The number of carboxylic acid groups (broad SMARTS) is 1. The van der Waals surface area contributed by atoms with Crippen LogP contribution in [0.4, 0.5) is 11.4 Å². The van der Waals surface area contributed by atoms with Gasteiger partial charge in [-0.3, -0.25) is 9.69 Å². The summed E-state index contributed by atoms with van der Waals surface area (Å²) in [5, 5.41) is 11.7. The summed E-state index contributed by atoms with van der Waals surface area (Å²) in [5.41, 5.74) is 3.25. The molecule has 0 atom stereocenters. The summed E-state index contributed by atoms with van der Waals surface area (Å²) >= 11 is 4.88. The SMILES string of the molecule is CCN1C(=O)/C(=C\c2ccc(N(C)C)c(Br)c2)SC1=Nc1ccc(C(=O)[O-])c(C)c1. The van der Waals surface area contributed by atoms with Gasteiger partial charge in [0.25, 0.3) is 5.91 Å². The van der Waals surface area contributed by atoms with Crippen molar-refractivity contribution in [3.63, 3.8) is 0 Å². The normalized spacial score (nSPS) is 16.6. The molecule has 0 spiro atoms. The van der Waals surface area contributed by atoms with Crippen LogP contribution in [-0.2, 0) is 4.79 Å². The van der Waals surface area contributed by atoms with Gasteiger partial charge in [0.2, 0.25) is 0 Å². The van der Waals surface area contributed by atoms with Crippen molar-refractivity contribution in [2.75, 3.05) is 25.5 Å². The topological polar surface area (TPSA) is 76.0 Å². The van der Waals surface area contributed by atoms with E-state index in [1.807, 2.05) is 50.2 Å². The molecular formula is C22H21BrN3O3S-. The van der Waals surface area contributed by atoms with Crippen LogP contribution in [0.3, 0.4) is 0 Å². The molecule has 0 radical (unpaired) electrons. The largest absolute Gasteiger partial charge is 0.545 e. The molecule has 0 aromatic heterocycles. The lowest BCUT2D eigenvalue weighted by molar-refractivity contribution is -0.255. The minimum absolute atomic E-state index is 0.0999. The lowest BCUT2D eigenvalue weighted by Crippen LogP contribution is -2.28. The molecule has 2 aromatic carbocycles. The number of thioether (sulfide) groups is 1. The predicted octanol–water partition coefficient (Wildman–Crippen LogP) is 3.81. The number of benzene rings is 2. The Morgan fingerprint density at radius 3 is 2.57 bits per heavy atom. The Balaban J connectivity index is 1.92. The minimum atomic E-state index is -1.22. The molecule has 1 amide bonds. The number of carboxylic acids is 1. The Morgan fingerprint density at radius 2 is 2.00 bits per heavy atom.